The van der Waals surface area contributed by atoms with Gasteiger partial charge in [-0.25, -0.2) is 4.98 Å². The number of fused-ring (bicyclic) bond motifs is 2. The zero-order valence-electron chi connectivity index (χ0n) is 20.4. The van der Waals surface area contributed by atoms with Crippen molar-refractivity contribution in [3.63, 3.8) is 0 Å². The highest BCUT2D eigenvalue weighted by Crippen LogP contribution is 2.48. The molecule has 2 saturated carbocycles. The summed E-state index contributed by atoms with van der Waals surface area (Å²) >= 11 is 0. The van der Waals surface area contributed by atoms with Gasteiger partial charge in [0.2, 0.25) is 0 Å². The van der Waals surface area contributed by atoms with Gasteiger partial charge in [-0.2, -0.15) is 10.5 Å². The normalized spacial score (nSPS) is 26.9. The lowest BCUT2D eigenvalue weighted by atomic mass is 9.77. The summed E-state index contributed by atoms with van der Waals surface area (Å²) in [6.07, 6.45) is 10.5. The minimum Gasteiger partial charge on any atom is -0.424 e. The van der Waals surface area contributed by atoms with Gasteiger partial charge in [-0.15, -0.1) is 0 Å². The molecule has 1 N–H and O–H groups in total. The van der Waals surface area contributed by atoms with Gasteiger partial charge in [0.25, 0.3) is 6.01 Å². The second-order valence-corrected chi connectivity index (χ2v) is 10.7. The van der Waals surface area contributed by atoms with E-state index in [0.717, 1.165) is 30.0 Å². The molecule has 5 atom stereocenters. The first kappa shape index (κ1) is 22.7. The van der Waals surface area contributed by atoms with E-state index in [9.17, 15) is 5.26 Å². The van der Waals surface area contributed by atoms with Crippen molar-refractivity contribution in [3.8, 4) is 23.5 Å². The number of nitrogens with one attached hydrogen (secondary N) is 1. The molecule has 2 bridgehead atoms. The van der Waals surface area contributed by atoms with Crippen LogP contribution in [-0.4, -0.2) is 23.6 Å². The molecule has 3 aromatic rings. The van der Waals surface area contributed by atoms with Crippen LogP contribution in [0.3, 0.4) is 0 Å². The third-order valence-corrected chi connectivity index (χ3v) is 8.54. The fourth-order valence-corrected chi connectivity index (χ4v) is 6.88. The fourth-order valence-electron chi connectivity index (χ4n) is 6.88. The number of hydrogen-bond donors (Lipinski definition) is 1. The first-order valence-corrected chi connectivity index (χ1v) is 13.2. The second-order valence-electron chi connectivity index (χ2n) is 10.7. The Labute approximate surface area is 212 Å². The number of piperidine rings is 1. The maximum Gasteiger partial charge on any atom is 0.295 e. The molecule has 1 aromatic heterocycles. The van der Waals surface area contributed by atoms with Gasteiger partial charge in [-0.3, -0.25) is 0 Å². The number of aromatic nitrogens is 1. The molecule has 1 aliphatic heterocycles. The molecule has 3 aliphatic rings. The molecule has 2 aliphatic carbocycles. The molecule has 6 rings (SSSR count). The van der Waals surface area contributed by atoms with Gasteiger partial charge >= 0.3 is 0 Å². The van der Waals surface area contributed by atoms with Crippen LogP contribution in [0.25, 0.3) is 11.3 Å². The number of rotatable bonds is 6. The lowest BCUT2D eigenvalue weighted by Gasteiger charge is -2.39. The third kappa shape index (κ3) is 4.44. The summed E-state index contributed by atoms with van der Waals surface area (Å²) in [5.74, 6) is 2.79. The van der Waals surface area contributed by atoms with E-state index in [1.807, 2.05) is 30.3 Å². The number of nitrogens with zero attached hydrogens (tertiary/aromatic N) is 4. The molecule has 0 spiro atoms. The van der Waals surface area contributed by atoms with Crippen LogP contribution in [-0.2, 0) is 0 Å². The van der Waals surface area contributed by atoms with Crippen LogP contribution >= 0.6 is 0 Å². The van der Waals surface area contributed by atoms with Gasteiger partial charge in [-0.1, -0.05) is 25.0 Å². The first-order valence-electron chi connectivity index (χ1n) is 13.2. The third-order valence-electron chi connectivity index (χ3n) is 8.54. The lowest BCUT2D eigenvalue weighted by molar-refractivity contribution is 0.241. The van der Waals surface area contributed by atoms with Crippen molar-refractivity contribution in [3.05, 3.63) is 65.9 Å². The predicted molar refractivity (Wildman–Crippen MR) is 139 cm³/mol. The summed E-state index contributed by atoms with van der Waals surface area (Å²) in [5.41, 5.74) is 3.48. The van der Waals surface area contributed by atoms with Gasteiger partial charge in [-0.05, 0) is 86.3 Å². The molecule has 0 unspecified atom stereocenters. The SMILES string of the molecule is N#Cc1ccc(N2C[C@@H]3C[C@H](C[C@@H]4CCCC[C@H]4Nc4ncc(-c5cccc(C#N)c5)o4)[C@H]2C3)cc1. The highest BCUT2D eigenvalue weighted by Gasteiger charge is 2.46. The quantitative estimate of drug-likeness (QED) is 0.444. The fraction of sp³-hybridized carbons (Fsp3) is 0.433. The Bertz CT molecular complexity index is 1300. The van der Waals surface area contributed by atoms with E-state index < -0.39 is 0 Å². The van der Waals surface area contributed by atoms with Crippen molar-refractivity contribution in [2.75, 3.05) is 16.8 Å². The maximum atomic E-state index is 9.20. The van der Waals surface area contributed by atoms with Crippen LogP contribution in [0, 0.1) is 40.4 Å². The second kappa shape index (κ2) is 9.70. The Morgan fingerprint density at radius 3 is 2.61 bits per heavy atom. The number of anilines is 2. The summed E-state index contributed by atoms with van der Waals surface area (Å²) in [7, 11) is 0. The molecule has 2 aromatic carbocycles. The van der Waals surface area contributed by atoms with Crippen LogP contribution in [0.5, 0.6) is 0 Å². The van der Waals surface area contributed by atoms with Crippen molar-refractivity contribution in [1.29, 1.82) is 10.5 Å². The Hall–Kier alpha value is -3.77. The van der Waals surface area contributed by atoms with E-state index in [0.29, 0.717) is 41.3 Å². The van der Waals surface area contributed by atoms with Crippen molar-refractivity contribution >= 4 is 11.7 Å². The van der Waals surface area contributed by atoms with Crippen LogP contribution in [0.4, 0.5) is 11.7 Å². The van der Waals surface area contributed by atoms with Gasteiger partial charge in [0.1, 0.15) is 0 Å². The average molecular weight is 478 g/mol. The summed E-state index contributed by atoms with van der Waals surface area (Å²) in [5, 5.41) is 22.0. The molecule has 6 nitrogen and oxygen atoms in total. The van der Waals surface area contributed by atoms with Crippen LogP contribution in [0.2, 0.25) is 0 Å². The summed E-state index contributed by atoms with van der Waals surface area (Å²) in [6.45, 7) is 1.14. The molecule has 182 valence electrons. The van der Waals surface area contributed by atoms with E-state index in [1.54, 1.807) is 12.3 Å². The van der Waals surface area contributed by atoms with Crippen LogP contribution < -0.4 is 10.2 Å². The lowest BCUT2D eigenvalue weighted by Crippen LogP contribution is -2.41. The Morgan fingerprint density at radius 2 is 1.81 bits per heavy atom. The van der Waals surface area contributed by atoms with Gasteiger partial charge in [0.05, 0.1) is 29.5 Å². The van der Waals surface area contributed by atoms with E-state index in [4.69, 9.17) is 9.68 Å². The summed E-state index contributed by atoms with van der Waals surface area (Å²) < 4.78 is 6.07. The molecule has 0 amide bonds. The Balaban J connectivity index is 1.13. The zero-order chi connectivity index (χ0) is 24.5. The molecule has 0 radical (unpaired) electrons. The number of oxazole rings is 1. The van der Waals surface area contributed by atoms with E-state index in [2.05, 4.69) is 39.5 Å². The molecule has 36 heavy (non-hydrogen) atoms. The summed E-state index contributed by atoms with van der Waals surface area (Å²) in [4.78, 5) is 7.12. The Morgan fingerprint density at radius 1 is 0.972 bits per heavy atom. The molecule has 3 fully saturated rings. The molecular formula is C30H31N5O. The van der Waals surface area contributed by atoms with Crippen molar-refractivity contribution in [2.45, 2.75) is 57.0 Å². The first-order chi connectivity index (χ1) is 17.7. The van der Waals surface area contributed by atoms with Crippen LogP contribution in [0.15, 0.2) is 59.1 Å². The van der Waals surface area contributed by atoms with E-state index in [1.165, 1.54) is 44.2 Å². The number of nitriles is 2. The minimum absolute atomic E-state index is 0.373. The average Bonchev–Trinajstić information content (AvgIpc) is 3.66. The summed E-state index contributed by atoms with van der Waals surface area (Å²) in [6, 6.07) is 21.5. The van der Waals surface area contributed by atoms with Crippen molar-refractivity contribution < 1.29 is 4.42 Å². The zero-order valence-corrected chi connectivity index (χ0v) is 20.4. The minimum atomic E-state index is 0.373. The Kier molecular flexibility index (Phi) is 6.11. The number of benzene rings is 2. The van der Waals surface area contributed by atoms with E-state index >= 15 is 0 Å². The number of hydrogen-bond acceptors (Lipinski definition) is 6. The molecular weight excluding hydrogens is 446 g/mol. The van der Waals surface area contributed by atoms with Gasteiger partial charge in [0, 0.05) is 29.9 Å². The largest absolute Gasteiger partial charge is 0.424 e. The van der Waals surface area contributed by atoms with Gasteiger partial charge in [0.15, 0.2) is 5.76 Å². The van der Waals surface area contributed by atoms with Gasteiger partial charge < -0.3 is 14.6 Å². The molecule has 6 heteroatoms. The monoisotopic (exact) mass is 477 g/mol. The van der Waals surface area contributed by atoms with Crippen LogP contribution in [0.1, 0.15) is 56.1 Å². The standard InChI is InChI=1S/C30H31N5O/c31-16-20-8-10-26(11-9-20)35-19-22-13-25(28(35)14-22)15-23-5-1-2-7-27(23)34-30-33-18-29(36-30)24-6-3-4-21(12-24)17-32/h3-4,6,8-12,18,22-23,25,27-28H,1-2,5,7,13-15,19H2,(H,33,34)/t22-,23+,25-,27-,28-/m1/s1. The highest BCUT2D eigenvalue weighted by atomic mass is 16.4. The predicted octanol–water partition coefficient (Wildman–Crippen LogP) is 6.36. The smallest absolute Gasteiger partial charge is 0.295 e. The van der Waals surface area contributed by atoms with Crippen molar-refractivity contribution in [2.24, 2.45) is 17.8 Å². The highest BCUT2D eigenvalue weighted by molar-refractivity contribution is 5.60. The van der Waals surface area contributed by atoms with E-state index in [-0.39, 0.29) is 0 Å². The maximum absolute atomic E-state index is 9.20. The molecule has 1 saturated heterocycles. The molecule has 2 heterocycles. The topological polar surface area (TPSA) is 88.9 Å². The van der Waals surface area contributed by atoms with Crippen molar-refractivity contribution in [1.82, 2.24) is 4.98 Å².